The topological polar surface area (TPSA) is 92.5 Å². The zero-order valence-electron chi connectivity index (χ0n) is 14.1. The summed E-state index contributed by atoms with van der Waals surface area (Å²) < 4.78 is 0. The van der Waals surface area contributed by atoms with Crippen molar-refractivity contribution >= 4 is 23.8 Å². The number of hydrogen-bond donors (Lipinski definition) is 0. The smallest absolute Gasteiger partial charge is 0.246 e. The van der Waals surface area contributed by atoms with Crippen LogP contribution in [0.2, 0.25) is 0 Å². The molecule has 0 aromatic carbocycles. The van der Waals surface area contributed by atoms with Gasteiger partial charge in [0.05, 0.1) is 0 Å². The zero-order valence-corrected chi connectivity index (χ0v) is 14.1. The molecule has 1 atom stereocenters. The Balaban J connectivity index is 3.32. The highest BCUT2D eigenvalue weighted by Gasteiger charge is 2.26. The highest BCUT2D eigenvalue weighted by atomic mass is 16.2. The summed E-state index contributed by atoms with van der Waals surface area (Å²) in [5, 5.41) is 9.42. The largest absolute Gasteiger partial charge is 0.347 e. The highest BCUT2D eigenvalue weighted by Crippen LogP contribution is 2.18. The molecule has 1 heterocycles. The predicted octanol–water partition coefficient (Wildman–Crippen LogP) is -0.232. The summed E-state index contributed by atoms with van der Waals surface area (Å²) in [6.07, 6.45) is 1.98. The molecule has 120 valence electrons. The number of anilines is 3. The molecule has 1 amide bonds. The van der Waals surface area contributed by atoms with Crippen LogP contribution in [0.5, 0.6) is 0 Å². The van der Waals surface area contributed by atoms with Crippen molar-refractivity contribution in [2.75, 3.05) is 57.0 Å². The molecule has 1 aromatic heterocycles. The summed E-state index contributed by atoms with van der Waals surface area (Å²) in [4.78, 5) is 30.9. The number of aromatic nitrogens is 3. The van der Waals surface area contributed by atoms with Crippen molar-refractivity contribution in [3.63, 3.8) is 0 Å². The average molecular weight is 306 g/mol. The Kier molecular flexibility index (Phi) is 5.45. The number of carbonyl (C=O) groups excluding carboxylic acids is 1. The lowest BCUT2D eigenvalue weighted by Gasteiger charge is -2.25. The Hall–Kier alpha value is -2.63. The van der Waals surface area contributed by atoms with E-state index in [9.17, 15) is 10.1 Å². The second-order valence-corrected chi connectivity index (χ2v) is 5.40. The van der Waals surface area contributed by atoms with Gasteiger partial charge in [-0.3, -0.25) is 4.79 Å². The second-order valence-electron chi connectivity index (χ2n) is 5.40. The van der Waals surface area contributed by atoms with Gasteiger partial charge >= 0.3 is 0 Å². The van der Waals surface area contributed by atoms with E-state index in [1.165, 1.54) is 9.80 Å². The molecule has 1 rings (SSSR count). The van der Waals surface area contributed by atoms with Gasteiger partial charge in [-0.25, -0.2) is 4.90 Å². The number of nitriles is 1. The van der Waals surface area contributed by atoms with E-state index in [0.717, 1.165) is 0 Å². The lowest BCUT2D eigenvalue weighted by Crippen LogP contribution is -2.43. The predicted molar refractivity (Wildman–Crippen MR) is 84.7 cm³/mol. The van der Waals surface area contributed by atoms with Crippen molar-refractivity contribution in [3.05, 3.63) is 0 Å². The van der Waals surface area contributed by atoms with Crippen molar-refractivity contribution in [2.24, 2.45) is 0 Å². The van der Waals surface area contributed by atoms with E-state index in [4.69, 9.17) is 0 Å². The Morgan fingerprint density at radius 3 is 1.68 bits per heavy atom. The fraction of sp³-hybridized carbons (Fsp3) is 0.615. The van der Waals surface area contributed by atoms with E-state index in [0.29, 0.717) is 11.9 Å². The minimum atomic E-state index is -0.701. The van der Waals surface area contributed by atoms with Crippen LogP contribution in [0.15, 0.2) is 0 Å². The first-order valence-corrected chi connectivity index (χ1v) is 6.69. The van der Waals surface area contributed by atoms with E-state index in [1.54, 1.807) is 59.0 Å². The summed E-state index contributed by atoms with van der Waals surface area (Å²) in [6, 6.07) is -0.701. The number of carbonyl (C=O) groups is 1. The van der Waals surface area contributed by atoms with Crippen LogP contribution in [-0.4, -0.2) is 74.1 Å². The third kappa shape index (κ3) is 3.72. The molecule has 0 N–H and O–H groups in total. The maximum absolute atomic E-state index is 12.1. The minimum Gasteiger partial charge on any atom is -0.347 e. The SMILES string of the molecule is C[C@@H](C(=O)N(C)C)N(C#N)c1nc(N(C)C)nc(N(C)C)n1. The van der Waals surface area contributed by atoms with Crippen molar-refractivity contribution in [3.8, 4) is 6.19 Å². The van der Waals surface area contributed by atoms with Gasteiger partial charge in [-0.1, -0.05) is 0 Å². The summed E-state index contributed by atoms with van der Waals surface area (Å²) in [5.41, 5.74) is 0. The fourth-order valence-electron chi connectivity index (χ4n) is 1.64. The number of hydrogen-bond acceptors (Lipinski definition) is 8. The summed E-state index contributed by atoms with van der Waals surface area (Å²) >= 11 is 0. The number of nitrogens with zero attached hydrogens (tertiary/aromatic N) is 8. The normalized spacial score (nSPS) is 11.4. The molecule has 0 fully saturated rings. The zero-order chi connectivity index (χ0) is 17.0. The molecular formula is C13H22N8O. The summed E-state index contributed by atoms with van der Waals surface area (Å²) in [7, 11) is 10.5. The van der Waals surface area contributed by atoms with Crippen molar-refractivity contribution < 1.29 is 4.79 Å². The molecule has 0 unspecified atom stereocenters. The average Bonchev–Trinajstić information content (AvgIpc) is 2.46. The van der Waals surface area contributed by atoms with Gasteiger partial charge in [0.25, 0.3) is 0 Å². The van der Waals surface area contributed by atoms with Gasteiger partial charge in [0.2, 0.25) is 23.8 Å². The Labute approximate surface area is 130 Å². The molecule has 1 aromatic rings. The highest BCUT2D eigenvalue weighted by molar-refractivity contribution is 5.84. The Morgan fingerprint density at radius 1 is 0.955 bits per heavy atom. The molecule has 0 saturated carbocycles. The van der Waals surface area contributed by atoms with Crippen LogP contribution in [0, 0.1) is 11.5 Å². The van der Waals surface area contributed by atoms with Crippen LogP contribution in [0.25, 0.3) is 0 Å². The molecule has 9 heteroatoms. The third-order valence-corrected chi connectivity index (χ3v) is 2.91. The summed E-state index contributed by atoms with van der Waals surface area (Å²) in [5.74, 6) is 0.768. The van der Waals surface area contributed by atoms with Crippen molar-refractivity contribution in [1.82, 2.24) is 19.9 Å². The molecule has 0 aliphatic carbocycles. The Bertz CT molecular complexity index is 552. The maximum Gasteiger partial charge on any atom is 0.246 e. The second kappa shape index (κ2) is 6.89. The molecule has 22 heavy (non-hydrogen) atoms. The third-order valence-electron chi connectivity index (χ3n) is 2.91. The van der Waals surface area contributed by atoms with E-state index in [2.05, 4.69) is 15.0 Å². The standard InChI is InChI=1S/C13H22N8O/c1-9(10(22)18(2)3)21(8-14)13-16-11(19(4)5)15-12(17-13)20(6)7/h9H,1-7H3/t9-/m0/s1. The van der Waals surface area contributed by atoms with E-state index >= 15 is 0 Å². The lowest BCUT2D eigenvalue weighted by atomic mass is 10.3. The minimum absolute atomic E-state index is 0.146. The molecule has 9 nitrogen and oxygen atoms in total. The Morgan fingerprint density at radius 2 is 1.36 bits per heavy atom. The van der Waals surface area contributed by atoms with Crippen molar-refractivity contribution in [1.29, 1.82) is 5.26 Å². The van der Waals surface area contributed by atoms with Crippen LogP contribution >= 0.6 is 0 Å². The van der Waals surface area contributed by atoms with Gasteiger partial charge in [0, 0.05) is 42.3 Å². The monoisotopic (exact) mass is 306 g/mol. The molecule has 0 radical (unpaired) electrons. The van der Waals surface area contributed by atoms with Gasteiger partial charge in [-0.2, -0.15) is 20.2 Å². The molecule has 0 aliphatic rings. The van der Waals surface area contributed by atoms with Gasteiger partial charge in [0.15, 0.2) is 6.19 Å². The number of amides is 1. The first-order valence-electron chi connectivity index (χ1n) is 6.69. The van der Waals surface area contributed by atoms with Crippen LogP contribution in [0.4, 0.5) is 17.8 Å². The van der Waals surface area contributed by atoms with Gasteiger partial charge in [-0.15, -0.1) is 0 Å². The maximum atomic E-state index is 12.1. The lowest BCUT2D eigenvalue weighted by molar-refractivity contribution is -0.129. The van der Waals surface area contributed by atoms with E-state index < -0.39 is 6.04 Å². The van der Waals surface area contributed by atoms with Crippen LogP contribution < -0.4 is 14.7 Å². The molecular weight excluding hydrogens is 284 g/mol. The van der Waals surface area contributed by atoms with Crippen LogP contribution in [0.1, 0.15) is 6.92 Å². The van der Waals surface area contributed by atoms with E-state index in [-0.39, 0.29) is 11.9 Å². The fourth-order valence-corrected chi connectivity index (χ4v) is 1.64. The molecule has 0 aliphatic heterocycles. The molecule has 0 bridgehead atoms. The van der Waals surface area contributed by atoms with Gasteiger partial charge < -0.3 is 14.7 Å². The first-order chi connectivity index (χ1) is 10.2. The van der Waals surface area contributed by atoms with Gasteiger partial charge in [-0.05, 0) is 6.92 Å². The number of likely N-dealkylation sites (N-methyl/N-ethyl adjacent to an activating group) is 1. The first kappa shape index (κ1) is 17.4. The quantitative estimate of drug-likeness (QED) is 0.544. The van der Waals surface area contributed by atoms with Crippen molar-refractivity contribution in [2.45, 2.75) is 13.0 Å². The van der Waals surface area contributed by atoms with Crippen LogP contribution in [0.3, 0.4) is 0 Å². The summed E-state index contributed by atoms with van der Waals surface area (Å²) in [6.45, 7) is 1.64. The van der Waals surface area contributed by atoms with Gasteiger partial charge in [0.1, 0.15) is 6.04 Å². The van der Waals surface area contributed by atoms with E-state index in [1.807, 2.05) is 6.19 Å². The van der Waals surface area contributed by atoms with Crippen LogP contribution in [-0.2, 0) is 4.79 Å². The number of rotatable bonds is 5. The molecule has 0 saturated heterocycles. The molecule has 0 spiro atoms.